The van der Waals surface area contributed by atoms with Crippen LogP contribution in [0.25, 0.3) is 11.1 Å². The Labute approximate surface area is 277 Å². The van der Waals surface area contributed by atoms with Crippen LogP contribution >= 0.6 is 0 Å². The Morgan fingerprint density at radius 3 is 1.62 bits per heavy atom. The van der Waals surface area contributed by atoms with Crippen LogP contribution in [0.5, 0.6) is 11.5 Å². The van der Waals surface area contributed by atoms with Gasteiger partial charge in [0.05, 0.1) is 24.4 Å². The first kappa shape index (κ1) is 37.4. The molecule has 0 fully saturated rings. The number of esters is 2. The molecule has 0 aliphatic carbocycles. The standard InChI is InChI=1S/C37H37F3O8/c1-26(24-41)35(43)47-19-17-45-33-21-30(22-34(23-33)46-18-20-48-36(44)27(2)25-42)7-6-29-10-14-32(15-11-29)31-12-8-28(9-13-31)5-3-4-16-37(38,39)40/h8-15,21-23,41-42H,1-5,16-20,24-25H2. The number of halogens is 3. The Kier molecular flexibility index (Phi) is 14.8. The fourth-order valence-corrected chi connectivity index (χ4v) is 4.14. The van der Waals surface area contributed by atoms with Crippen LogP contribution in [-0.2, 0) is 25.5 Å². The van der Waals surface area contributed by atoms with Crippen molar-refractivity contribution in [1.29, 1.82) is 0 Å². The number of rotatable bonds is 17. The lowest BCUT2D eigenvalue weighted by Crippen LogP contribution is -2.15. The Bertz CT molecular complexity index is 1550. The van der Waals surface area contributed by atoms with Gasteiger partial charge in [0.25, 0.3) is 0 Å². The molecule has 0 aromatic heterocycles. The van der Waals surface area contributed by atoms with Crippen LogP contribution < -0.4 is 9.47 Å². The van der Waals surface area contributed by atoms with Gasteiger partial charge in [-0.3, -0.25) is 0 Å². The SMILES string of the molecule is C=C(CO)C(=O)OCCOc1cc(C#Cc2ccc(-c3ccc(CCCCC(F)(F)F)cc3)cc2)cc(OCCOC(=O)C(=C)CO)c1. The molecular formula is C37H37F3O8. The second kappa shape index (κ2) is 18.9. The Morgan fingerprint density at radius 1 is 0.667 bits per heavy atom. The number of aryl methyl sites for hydroxylation is 1. The Balaban J connectivity index is 1.65. The lowest BCUT2D eigenvalue weighted by Gasteiger charge is -2.12. The predicted molar refractivity (Wildman–Crippen MR) is 173 cm³/mol. The number of aliphatic hydroxyl groups is 2. The average molecular weight is 667 g/mol. The molecule has 0 atom stereocenters. The minimum atomic E-state index is -4.12. The van der Waals surface area contributed by atoms with Gasteiger partial charge in [-0.05, 0) is 60.2 Å². The van der Waals surface area contributed by atoms with Crippen LogP contribution in [0.2, 0.25) is 0 Å². The van der Waals surface area contributed by atoms with Gasteiger partial charge >= 0.3 is 18.1 Å². The van der Waals surface area contributed by atoms with Gasteiger partial charge in [-0.1, -0.05) is 61.4 Å². The molecular weight excluding hydrogens is 629 g/mol. The topological polar surface area (TPSA) is 112 Å². The molecule has 0 radical (unpaired) electrons. The Morgan fingerprint density at radius 2 is 1.15 bits per heavy atom. The van der Waals surface area contributed by atoms with E-state index in [2.05, 4.69) is 25.0 Å². The van der Waals surface area contributed by atoms with Crippen LogP contribution in [0.1, 0.15) is 36.0 Å². The van der Waals surface area contributed by atoms with Gasteiger partial charge in [-0.25, -0.2) is 9.59 Å². The second-order valence-corrected chi connectivity index (χ2v) is 10.5. The predicted octanol–water partition coefficient (Wildman–Crippen LogP) is 5.97. The van der Waals surface area contributed by atoms with E-state index in [0.717, 1.165) is 22.3 Å². The monoisotopic (exact) mass is 666 g/mol. The van der Waals surface area contributed by atoms with Crippen molar-refractivity contribution in [3.05, 3.63) is 108 Å². The highest BCUT2D eigenvalue weighted by molar-refractivity contribution is 5.88. The van der Waals surface area contributed by atoms with Gasteiger partial charge in [0, 0.05) is 23.6 Å². The molecule has 0 bridgehead atoms. The molecule has 254 valence electrons. The largest absolute Gasteiger partial charge is 0.490 e. The molecule has 0 aliphatic heterocycles. The van der Waals surface area contributed by atoms with E-state index in [4.69, 9.17) is 29.2 Å². The highest BCUT2D eigenvalue weighted by atomic mass is 19.4. The number of hydrogen-bond acceptors (Lipinski definition) is 8. The summed E-state index contributed by atoms with van der Waals surface area (Å²) in [6.07, 6.45) is -3.71. The van der Waals surface area contributed by atoms with Gasteiger partial charge in [0.15, 0.2) is 0 Å². The first-order valence-electron chi connectivity index (χ1n) is 15.1. The zero-order chi connectivity index (χ0) is 34.9. The van der Waals surface area contributed by atoms with Gasteiger partial charge in [-0.2, -0.15) is 13.2 Å². The lowest BCUT2D eigenvalue weighted by atomic mass is 10.0. The van der Waals surface area contributed by atoms with Gasteiger partial charge < -0.3 is 29.2 Å². The van der Waals surface area contributed by atoms with Gasteiger partial charge in [0.2, 0.25) is 0 Å². The number of carbonyl (C=O) groups is 2. The van der Waals surface area contributed by atoms with E-state index in [1.54, 1.807) is 18.2 Å². The number of carbonyl (C=O) groups excluding carboxylic acids is 2. The zero-order valence-electron chi connectivity index (χ0n) is 26.3. The molecule has 3 aromatic carbocycles. The molecule has 11 heteroatoms. The fraction of sp³-hybridized carbons (Fsp3) is 0.297. The minimum absolute atomic E-state index is 0.00214. The number of aliphatic hydroxyl groups excluding tert-OH is 2. The van der Waals surface area contributed by atoms with E-state index in [1.807, 2.05) is 48.5 Å². The first-order valence-corrected chi connectivity index (χ1v) is 15.1. The third kappa shape index (κ3) is 13.4. The number of alkyl halides is 3. The van der Waals surface area contributed by atoms with Crippen LogP contribution in [0.4, 0.5) is 13.2 Å². The molecule has 0 heterocycles. The molecule has 2 N–H and O–H groups in total. The summed E-state index contributed by atoms with van der Waals surface area (Å²) in [5.74, 6) is 5.46. The molecule has 0 aliphatic rings. The molecule has 3 aromatic rings. The van der Waals surface area contributed by atoms with Crippen LogP contribution in [0.3, 0.4) is 0 Å². The molecule has 0 saturated heterocycles. The maximum absolute atomic E-state index is 12.4. The third-order valence-corrected chi connectivity index (χ3v) is 6.71. The van der Waals surface area contributed by atoms with E-state index in [9.17, 15) is 22.8 Å². The summed E-state index contributed by atoms with van der Waals surface area (Å²) in [6, 6.07) is 20.3. The van der Waals surface area contributed by atoms with E-state index in [0.29, 0.717) is 29.9 Å². The highest BCUT2D eigenvalue weighted by Gasteiger charge is 2.25. The van der Waals surface area contributed by atoms with Crippen molar-refractivity contribution < 1.29 is 51.9 Å². The van der Waals surface area contributed by atoms with Crippen LogP contribution in [0.15, 0.2) is 91.0 Å². The normalized spacial score (nSPS) is 10.8. The zero-order valence-corrected chi connectivity index (χ0v) is 26.3. The fourth-order valence-electron chi connectivity index (χ4n) is 4.14. The Hall–Kier alpha value is -5.05. The van der Waals surface area contributed by atoms with Crippen molar-refractivity contribution >= 4 is 11.9 Å². The number of unbranched alkanes of at least 4 members (excludes halogenated alkanes) is 1. The summed E-state index contributed by atoms with van der Waals surface area (Å²) in [5.41, 5.74) is 4.05. The average Bonchev–Trinajstić information content (AvgIpc) is 3.08. The summed E-state index contributed by atoms with van der Waals surface area (Å²) in [5, 5.41) is 18.0. The molecule has 0 amide bonds. The maximum Gasteiger partial charge on any atom is 0.389 e. The summed E-state index contributed by atoms with van der Waals surface area (Å²) in [7, 11) is 0. The molecule has 48 heavy (non-hydrogen) atoms. The van der Waals surface area contributed by atoms with Gasteiger partial charge in [-0.15, -0.1) is 0 Å². The van der Waals surface area contributed by atoms with Crippen molar-refractivity contribution in [3.8, 4) is 34.5 Å². The van der Waals surface area contributed by atoms with Crippen molar-refractivity contribution in [2.24, 2.45) is 0 Å². The second-order valence-electron chi connectivity index (χ2n) is 10.5. The molecule has 3 rings (SSSR count). The lowest BCUT2D eigenvalue weighted by molar-refractivity contribution is -0.141. The smallest absolute Gasteiger partial charge is 0.389 e. The quantitative estimate of drug-likeness (QED) is 0.0785. The van der Waals surface area contributed by atoms with Crippen LogP contribution in [-0.4, -0.2) is 68.0 Å². The highest BCUT2D eigenvalue weighted by Crippen LogP contribution is 2.25. The summed E-state index contributed by atoms with van der Waals surface area (Å²) >= 11 is 0. The summed E-state index contributed by atoms with van der Waals surface area (Å²) < 4.78 is 58.5. The maximum atomic E-state index is 12.4. The molecule has 0 unspecified atom stereocenters. The van der Waals surface area contributed by atoms with E-state index >= 15 is 0 Å². The third-order valence-electron chi connectivity index (χ3n) is 6.71. The molecule has 0 spiro atoms. The summed E-state index contributed by atoms with van der Waals surface area (Å²) in [4.78, 5) is 23.4. The van der Waals surface area contributed by atoms with Crippen molar-refractivity contribution in [1.82, 2.24) is 0 Å². The number of hydrogen-bond donors (Lipinski definition) is 2. The first-order chi connectivity index (χ1) is 23.0. The van der Waals surface area contributed by atoms with Crippen molar-refractivity contribution in [2.45, 2.75) is 31.9 Å². The molecule has 0 saturated carbocycles. The summed E-state index contributed by atoms with van der Waals surface area (Å²) in [6.45, 7) is 5.61. The minimum Gasteiger partial charge on any atom is -0.490 e. The van der Waals surface area contributed by atoms with E-state index in [1.165, 1.54) is 0 Å². The number of benzene rings is 3. The number of ether oxygens (including phenoxy) is 4. The molecule has 8 nitrogen and oxygen atoms in total. The van der Waals surface area contributed by atoms with E-state index in [-0.39, 0.29) is 44.0 Å². The van der Waals surface area contributed by atoms with E-state index < -0.39 is 37.7 Å². The van der Waals surface area contributed by atoms with Crippen molar-refractivity contribution in [2.75, 3.05) is 39.6 Å². The van der Waals surface area contributed by atoms with Crippen LogP contribution in [0, 0.1) is 11.8 Å². The van der Waals surface area contributed by atoms with Crippen molar-refractivity contribution in [3.63, 3.8) is 0 Å². The van der Waals surface area contributed by atoms with Gasteiger partial charge in [0.1, 0.15) is 37.9 Å².